The molecule has 0 N–H and O–H groups in total. The van der Waals surface area contributed by atoms with Crippen LogP contribution in [-0.4, -0.2) is 24.5 Å². The first-order valence-electron chi connectivity index (χ1n) is 5.62. The van der Waals surface area contributed by atoms with Crippen molar-refractivity contribution in [2.45, 2.75) is 46.1 Å². The van der Waals surface area contributed by atoms with Gasteiger partial charge in [-0.1, -0.05) is 37.6 Å². The molecule has 0 aliphatic rings. The molecule has 1 unspecified atom stereocenters. The van der Waals surface area contributed by atoms with Gasteiger partial charge in [0.05, 0.1) is 0 Å². The van der Waals surface area contributed by atoms with E-state index in [-0.39, 0.29) is 0 Å². The van der Waals surface area contributed by atoms with E-state index >= 15 is 0 Å². The molecule has 0 amide bonds. The monoisotopic (exact) mass is 195 g/mol. The molecule has 0 bridgehead atoms. The molecular formula is C13H25N. The van der Waals surface area contributed by atoms with Crippen LogP contribution < -0.4 is 0 Å². The highest BCUT2D eigenvalue weighted by atomic mass is 15.1. The Morgan fingerprint density at radius 3 is 2.64 bits per heavy atom. The molecule has 1 atom stereocenters. The third-order valence-corrected chi connectivity index (χ3v) is 2.65. The van der Waals surface area contributed by atoms with Gasteiger partial charge in [-0.15, -0.1) is 0 Å². The zero-order chi connectivity index (χ0) is 11.0. The minimum atomic E-state index is 0.693. The van der Waals surface area contributed by atoms with Crippen molar-refractivity contribution < 1.29 is 0 Å². The maximum Gasteiger partial charge on any atom is 0.00639 e. The smallest absolute Gasteiger partial charge is 0.00639 e. The Bertz CT molecular complexity index is 182. The number of hydrogen-bond donors (Lipinski definition) is 0. The van der Waals surface area contributed by atoms with Gasteiger partial charge in [0.25, 0.3) is 0 Å². The predicted octanol–water partition coefficient (Wildman–Crippen LogP) is 3.63. The van der Waals surface area contributed by atoms with Gasteiger partial charge in [-0.05, 0) is 33.7 Å². The molecule has 0 aromatic rings. The van der Waals surface area contributed by atoms with E-state index in [0.717, 1.165) is 13.0 Å². The van der Waals surface area contributed by atoms with Gasteiger partial charge in [0.1, 0.15) is 0 Å². The molecular weight excluding hydrogens is 170 g/mol. The van der Waals surface area contributed by atoms with Gasteiger partial charge in [-0.2, -0.15) is 0 Å². The van der Waals surface area contributed by atoms with Crippen molar-refractivity contribution >= 4 is 0 Å². The third-order valence-electron chi connectivity index (χ3n) is 2.65. The average Bonchev–Trinajstić information content (AvgIpc) is 2.15. The van der Waals surface area contributed by atoms with Gasteiger partial charge in [0.2, 0.25) is 0 Å². The highest BCUT2D eigenvalue weighted by molar-refractivity contribution is 5.13. The molecule has 14 heavy (non-hydrogen) atoms. The summed E-state index contributed by atoms with van der Waals surface area (Å²) < 4.78 is 0. The SMILES string of the molecule is C=C(C=CC)CCN(C)C(C)CCC. The van der Waals surface area contributed by atoms with E-state index in [1.54, 1.807) is 0 Å². The summed E-state index contributed by atoms with van der Waals surface area (Å²) in [5.74, 6) is 0. The molecule has 0 spiro atoms. The topological polar surface area (TPSA) is 3.24 Å². The summed E-state index contributed by atoms with van der Waals surface area (Å²) in [6.45, 7) is 11.7. The van der Waals surface area contributed by atoms with Crippen molar-refractivity contribution in [3.63, 3.8) is 0 Å². The maximum absolute atomic E-state index is 4.01. The van der Waals surface area contributed by atoms with E-state index in [2.05, 4.69) is 44.5 Å². The zero-order valence-electron chi connectivity index (χ0n) is 10.2. The first-order valence-corrected chi connectivity index (χ1v) is 5.62. The summed E-state index contributed by atoms with van der Waals surface area (Å²) in [6, 6.07) is 0.693. The van der Waals surface area contributed by atoms with Crippen molar-refractivity contribution in [2.24, 2.45) is 0 Å². The first-order chi connectivity index (χ1) is 6.61. The van der Waals surface area contributed by atoms with E-state index in [1.807, 2.05) is 6.92 Å². The van der Waals surface area contributed by atoms with Crippen molar-refractivity contribution in [3.8, 4) is 0 Å². The highest BCUT2D eigenvalue weighted by Gasteiger charge is 2.06. The Hall–Kier alpha value is -0.560. The van der Waals surface area contributed by atoms with E-state index in [0.29, 0.717) is 6.04 Å². The standard InChI is InChI=1S/C13H25N/c1-6-8-12(3)10-11-14(5)13(4)9-7-2/h6,8,13H,3,7,9-11H2,1-2,4-5H3. The van der Waals surface area contributed by atoms with Crippen LogP contribution in [0.2, 0.25) is 0 Å². The lowest BCUT2D eigenvalue weighted by Crippen LogP contribution is -2.29. The minimum Gasteiger partial charge on any atom is -0.303 e. The summed E-state index contributed by atoms with van der Waals surface area (Å²) in [5.41, 5.74) is 1.23. The molecule has 0 aromatic heterocycles. The second-order valence-corrected chi connectivity index (χ2v) is 4.03. The Morgan fingerprint density at radius 2 is 2.14 bits per heavy atom. The largest absolute Gasteiger partial charge is 0.303 e. The highest BCUT2D eigenvalue weighted by Crippen LogP contribution is 2.07. The molecule has 0 aliphatic carbocycles. The molecule has 0 rings (SSSR count). The second kappa shape index (κ2) is 7.81. The van der Waals surface area contributed by atoms with Crippen molar-refractivity contribution in [1.82, 2.24) is 4.90 Å². The average molecular weight is 195 g/mol. The van der Waals surface area contributed by atoms with Crippen LogP contribution in [0.25, 0.3) is 0 Å². The molecule has 0 heterocycles. The normalized spacial score (nSPS) is 13.8. The molecule has 0 saturated heterocycles. The summed E-state index contributed by atoms with van der Waals surface area (Å²) in [4.78, 5) is 2.41. The number of hydrogen-bond acceptors (Lipinski definition) is 1. The van der Waals surface area contributed by atoms with Gasteiger partial charge in [-0.25, -0.2) is 0 Å². The molecule has 82 valence electrons. The van der Waals surface area contributed by atoms with Gasteiger partial charge in [0.15, 0.2) is 0 Å². The van der Waals surface area contributed by atoms with E-state index < -0.39 is 0 Å². The number of nitrogens with zero attached hydrogens (tertiary/aromatic N) is 1. The van der Waals surface area contributed by atoms with Crippen LogP contribution in [0, 0.1) is 0 Å². The first kappa shape index (κ1) is 13.4. The van der Waals surface area contributed by atoms with Crippen LogP contribution in [0.3, 0.4) is 0 Å². The summed E-state index contributed by atoms with van der Waals surface area (Å²) in [7, 11) is 2.20. The van der Waals surface area contributed by atoms with Crippen LogP contribution in [0.5, 0.6) is 0 Å². The number of allylic oxidation sites excluding steroid dienone is 2. The number of rotatable bonds is 7. The molecule has 0 aliphatic heterocycles. The fraction of sp³-hybridized carbons (Fsp3) is 0.692. The van der Waals surface area contributed by atoms with Crippen LogP contribution in [-0.2, 0) is 0 Å². The fourth-order valence-electron chi connectivity index (χ4n) is 1.50. The maximum atomic E-state index is 4.01. The lowest BCUT2D eigenvalue weighted by molar-refractivity contribution is 0.248. The molecule has 0 fully saturated rings. The molecule has 1 heteroatoms. The minimum absolute atomic E-state index is 0.693. The molecule has 0 radical (unpaired) electrons. The van der Waals surface area contributed by atoms with Crippen molar-refractivity contribution in [1.29, 1.82) is 0 Å². The Labute approximate surface area is 89.5 Å². The van der Waals surface area contributed by atoms with Crippen LogP contribution >= 0.6 is 0 Å². The van der Waals surface area contributed by atoms with Gasteiger partial charge >= 0.3 is 0 Å². The van der Waals surface area contributed by atoms with Crippen LogP contribution in [0.1, 0.15) is 40.0 Å². The quantitative estimate of drug-likeness (QED) is 0.561. The van der Waals surface area contributed by atoms with E-state index in [9.17, 15) is 0 Å². The summed E-state index contributed by atoms with van der Waals surface area (Å²) >= 11 is 0. The summed E-state index contributed by atoms with van der Waals surface area (Å²) in [6.07, 6.45) is 7.78. The van der Waals surface area contributed by atoms with Gasteiger partial charge in [0, 0.05) is 12.6 Å². The molecule has 0 saturated carbocycles. The van der Waals surface area contributed by atoms with Crippen LogP contribution in [0.15, 0.2) is 24.3 Å². The Kier molecular flexibility index (Phi) is 7.50. The van der Waals surface area contributed by atoms with E-state index in [4.69, 9.17) is 0 Å². The zero-order valence-corrected chi connectivity index (χ0v) is 10.2. The predicted molar refractivity (Wildman–Crippen MR) is 65.6 cm³/mol. The molecule has 1 nitrogen and oxygen atoms in total. The van der Waals surface area contributed by atoms with E-state index in [1.165, 1.54) is 18.4 Å². The Balaban J connectivity index is 3.72. The van der Waals surface area contributed by atoms with Crippen molar-refractivity contribution in [3.05, 3.63) is 24.3 Å². The van der Waals surface area contributed by atoms with Crippen molar-refractivity contribution in [2.75, 3.05) is 13.6 Å². The fourth-order valence-corrected chi connectivity index (χ4v) is 1.50. The lowest BCUT2D eigenvalue weighted by atomic mass is 10.1. The van der Waals surface area contributed by atoms with Gasteiger partial charge < -0.3 is 4.90 Å². The van der Waals surface area contributed by atoms with Gasteiger partial charge in [-0.3, -0.25) is 0 Å². The second-order valence-electron chi connectivity index (χ2n) is 4.03. The Morgan fingerprint density at radius 1 is 1.50 bits per heavy atom. The lowest BCUT2D eigenvalue weighted by Gasteiger charge is -2.24. The molecule has 0 aromatic carbocycles. The van der Waals surface area contributed by atoms with Crippen LogP contribution in [0.4, 0.5) is 0 Å². The summed E-state index contributed by atoms with van der Waals surface area (Å²) in [5, 5.41) is 0. The third kappa shape index (κ3) is 5.98.